The van der Waals surface area contributed by atoms with E-state index in [0.717, 1.165) is 13.1 Å². The maximum atomic E-state index is 12.9. The fourth-order valence-corrected chi connectivity index (χ4v) is 1.87. The molecular weight excluding hydrogens is 255 g/mol. The largest absolute Gasteiger partial charge is 0.390 e. The van der Waals surface area contributed by atoms with E-state index < -0.39 is 11.9 Å². The highest BCUT2D eigenvalue weighted by Gasteiger charge is 2.09. The average Bonchev–Trinajstić information content (AvgIpc) is 2.37. The third-order valence-electron chi connectivity index (χ3n) is 2.82. The van der Waals surface area contributed by atoms with Crippen molar-refractivity contribution in [3.8, 4) is 0 Å². The SMILES string of the molecule is CCN(CC)CC(O)CNc1ccc(F)c(Cl)c1. The molecule has 1 aromatic rings. The van der Waals surface area contributed by atoms with Crippen molar-refractivity contribution < 1.29 is 9.50 Å². The normalized spacial score (nSPS) is 12.8. The van der Waals surface area contributed by atoms with Gasteiger partial charge in [-0.2, -0.15) is 0 Å². The molecular formula is C13H20ClFN2O. The van der Waals surface area contributed by atoms with E-state index in [1.54, 1.807) is 6.07 Å². The Labute approximate surface area is 113 Å². The third-order valence-corrected chi connectivity index (χ3v) is 3.11. The van der Waals surface area contributed by atoms with E-state index in [-0.39, 0.29) is 5.02 Å². The number of benzene rings is 1. The molecule has 1 rings (SSSR count). The highest BCUT2D eigenvalue weighted by atomic mass is 35.5. The number of aliphatic hydroxyl groups is 1. The van der Waals surface area contributed by atoms with Crippen LogP contribution in [0.2, 0.25) is 5.02 Å². The minimum atomic E-state index is -0.464. The van der Waals surface area contributed by atoms with Crippen LogP contribution >= 0.6 is 11.6 Å². The molecule has 0 bridgehead atoms. The second-order valence-electron chi connectivity index (χ2n) is 4.15. The molecule has 1 unspecified atom stereocenters. The average molecular weight is 275 g/mol. The lowest BCUT2D eigenvalue weighted by atomic mass is 10.2. The fraction of sp³-hybridized carbons (Fsp3) is 0.538. The van der Waals surface area contributed by atoms with Gasteiger partial charge >= 0.3 is 0 Å². The molecule has 0 heterocycles. The summed E-state index contributed by atoms with van der Waals surface area (Å²) in [6.45, 7) is 6.98. The fourth-order valence-electron chi connectivity index (χ4n) is 1.69. The van der Waals surface area contributed by atoms with Crippen molar-refractivity contribution in [3.05, 3.63) is 29.0 Å². The number of hydrogen-bond acceptors (Lipinski definition) is 3. The van der Waals surface area contributed by atoms with E-state index in [0.29, 0.717) is 18.8 Å². The summed E-state index contributed by atoms with van der Waals surface area (Å²) in [5, 5.41) is 13.0. The minimum Gasteiger partial charge on any atom is -0.390 e. The van der Waals surface area contributed by atoms with E-state index in [4.69, 9.17) is 11.6 Å². The molecule has 0 fully saturated rings. The summed E-state index contributed by atoms with van der Waals surface area (Å²) in [6.07, 6.45) is -0.464. The van der Waals surface area contributed by atoms with Gasteiger partial charge in [-0.15, -0.1) is 0 Å². The maximum absolute atomic E-state index is 12.9. The van der Waals surface area contributed by atoms with Crippen LogP contribution in [0.3, 0.4) is 0 Å². The molecule has 1 aromatic carbocycles. The number of halogens is 2. The zero-order valence-corrected chi connectivity index (χ0v) is 11.5. The molecule has 102 valence electrons. The van der Waals surface area contributed by atoms with Crippen LogP contribution in [0.25, 0.3) is 0 Å². The molecule has 0 aliphatic heterocycles. The van der Waals surface area contributed by atoms with Crippen LogP contribution in [0.1, 0.15) is 13.8 Å². The Morgan fingerprint density at radius 1 is 1.39 bits per heavy atom. The standard InChI is InChI=1S/C13H20ClFN2O/c1-3-17(4-2)9-11(18)8-16-10-5-6-13(15)12(14)7-10/h5-7,11,16,18H,3-4,8-9H2,1-2H3. The Balaban J connectivity index is 2.42. The van der Waals surface area contributed by atoms with Crippen molar-refractivity contribution in [1.29, 1.82) is 0 Å². The van der Waals surface area contributed by atoms with Crippen molar-refractivity contribution in [2.45, 2.75) is 20.0 Å². The first kappa shape index (κ1) is 15.2. The second kappa shape index (κ2) is 7.56. The summed E-state index contributed by atoms with van der Waals surface area (Å²) in [5.74, 6) is -0.439. The van der Waals surface area contributed by atoms with Gasteiger partial charge in [-0.3, -0.25) is 0 Å². The number of rotatable bonds is 7. The minimum absolute atomic E-state index is 0.0817. The summed E-state index contributed by atoms with van der Waals surface area (Å²) in [4.78, 5) is 2.14. The molecule has 1 atom stereocenters. The number of likely N-dealkylation sites (N-methyl/N-ethyl adjacent to an activating group) is 1. The Bertz CT molecular complexity index is 372. The summed E-state index contributed by atoms with van der Waals surface area (Å²) < 4.78 is 12.9. The molecule has 0 aliphatic rings. The van der Waals surface area contributed by atoms with Crippen LogP contribution in [0.5, 0.6) is 0 Å². The smallest absolute Gasteiger partial charge is 0.141 e. The molecule has 0 aromatic heterocycles. The third kappa shape index (κ3) is 4.80. The lowest BCUT2D eigenvalue weighted by Gasteiger charge is -2.22. The molecule has 0 spiro atoms. The predicted molar refractivity (Wildman–Crippen MR) is 73.7 cm³/mol. The topological polar surface area (TPSA) is 35.5 Å². The Morgan fingerprint density at radius 2 is 2.06 bits per heavy atom. The van der Waals surface area contributed by atoms with Crippen LogP contribution in [0.4, 0.5) is 10.1 Å². The van der Waals surface area contributed by atoms with Gasteiger partial charge in [0.2, 0.25) is 0 Å². The predicted octanol–water partition coefficient (Wildman–Crippen LogP) is 2.59. The number of aliphatic hydroxyl groups excluding tert-OH is 1. The highest BCUT2D eigenvalue weighted by molar-refractivity contribution is 6.31. The van der Waals surface area contributed by atoms with Crippen molar-refractivity contribution in [2.24, 2.45) is 0 Å². The van der Waals surface area contributed by atoms with Gasteiger partial charge in [0, 0.05) is 18.8 Å². The number of nitrogens with one attached hydrogen (secondary N) is 1. The monoisotopic (exact) mass is 274 g/mol. The lowest BCUT2D eigenvalue weighted by molar-refractivity contribution is 0.128. The van der Waals surface area contributed by atoms with Crippen molar-refractivity contribution in [3.63, 3.8) is 0 Å². The first-order chi connectivity index (χ1) is 8.56. The zero-order valence-electron chi connectivity index (χ0n) is 10.8. The van der Waals surface area contributed by atoms with Gasteiger partial charge in [0.1, 0.15) is 5.82 Å². The summed E-state index contributed by atoms with van der Waals surface area (Å²) in [6, 6.07) is 4.42. The Kier molecular flexibility index (Phi) is 6.39. The van der Waals surface area contributed by atoms with Crippen molar-refractivity contribution in [1.82, 2.24) is 4.90 Å². The number of nitrogens with zero attached hydrogens (tertiary/aromatic N) is 1. The van der Waals surface area contributed by atoms with E-state index in [1.165, 1.54) is 12.1 Å². The Morgan fingerprint density at radius 3 is 2.61 bits per heavy atom. The van der Waals surface area contributed by atoms with Crippen LogP contribution in [0.15, 0.2) is 18.2 Å². The molecule has 0 saturated carbocycles. The molecule has 5 heteroatoms. The maximum Gasteiger partial charge on any atom is 0.141 e. The van der Waals surface area contributed by atoms with Crippen LogP contribution in [-0.4, -0.2) is 42.3 Å². The van der Waals surface area contributed by atoms with E-state index in [1.807, 2.05) is 0 Å². The van der Waals surface area contributed by atoms with Gasteiger partial charge in [0.25, 0.3) is 0 Å². The quantitative estimate of drug-likeness (QED) is 0.802. The first-order valence-corrected chi connectivity index (χ1v) is 6.54. The molecule has 0 amide bonds. The highest BCUT2D eigenvalue weighted by Crippen LogP contribution is 2.19. The van der Waals surface area contributed by atoms with Crippen molar-refractivity contribution >= 4 is 17.3 Å². The van der Waals surface area contributed by atoms with Gasteiger partial charge in [-0.25, -0.2) is 4.39 Å². The second-order valence-corrected chi connectivity index (χ2v) is 4.56. The van der Waals surface area contributed by atoms with Gasteiger partial charge in [-0.05, 0) is 31.3 Å². The van der Waals surface area contributed by atoms with Crippen molar-refractivity contribution in [2.75, 3.05) is 31.5 Å². The van der Waals surface area contributed by atoms with Gasteiger partial charge in [0.05, 0.1) is 11.1 Å². The summed E-state index contributed by atoms with van der Waals surface area (Å²) in [5.41, 5.74) is 0.708. The van der Waals surface area contributed by atoms with E-state index >= 15 is 0 Å². The van der Waals surface area contributed by atoms with Gasteiger partial charge in [-0.1, -0.05) is 25.4 Å². The summed E-state index contributed by atoms with van der Waals surface area (Å²) in [7, 11) is 0. The lowest BCUT2D eigenvalue weighted by Crippen LogP contribution is -2.35. The van der Waals surface area contributed by atoms with Gasteiger partial charge < -0.3 is 15.3 Å². The number of anilines is 1. The molecule has 0 radical (unpaired) electrons. The Hall–Kier alpha value is -0.840. The van der Waals surface area contributed by atoms with Crippen LogP contribution in [0, 0.1) is 5.82 Å². The van der Waals surface area contributed by atoms with E-state index in [9.17, 15) is 9.50 Å². The molecule has 0 aliphatic carbocycles. The van der Waals surface area contributed by atoms with Crippen LogP contribution < -0.4 is 5.32 Å². The molecule has 0 saturated heterocycles. The molecule has 2 N–H and O–H groups in total. The van der Waals surface area contributed by atoms with Gasteiger partial charge in [0.15, 0.2) is 0 Å². The van der Waals surface area contributed by atoms with Crippen LogP contribution in [-0.2, 0) is 0 Å². The molecule has 3 nitrogen and oxygen atoms in total. The van der Waals surface area contributed by atoms with E-state index in [2.05, 4.69) is 24.1 Å². The molecule has 18 heavy (non-hydrogen) atoms. The first-order valence-electron chi connectivity index (χ1n) is 6.16. The number of hydrogen-bond donors (Lipinski definition) is 2. The zero-order chi connectivity index (χ0) is 13.5. The summed E-state index contributed by atoms with van der Waals surface area (Å²) >= 11 is 5.67.